The zero-order valence-corrected chi connectivity index (χ0v) is 11.7. The highest BCUT2D eigenvalue weighted by atomic mass is 19.4. The van der Waals surface area contributed by atoms with Crippen molar-refractivity contribution < 1.29 is 13.2 Å². The first-order valence-electron chi connectivity index (χ1n) is 6.72. The molecule has 0 spiro atoms. The van der Waals surface area contributed by atoms with Crippen LogP contribution in [-0.2, 0) is 0 Å². The van der Waals surface area contributed by atoms with Gasteiger partial charge >= 0.3 is 6.18 Å². The van der Waals surface area contributed by atoms with Crippen LogP contribution in [0.3, 0.4) is 0 Å². The quantitative estimate of drug-likeness (QED) is 0.839. The second-order valence-electron chi connectivity index (χ2n) is 5.50. The molecule has 0 aliphatic heterocycles. The van der Waals surface area contributed by atoms with Gasteiger partial charge in [0.2, 0.25) is 0 Å². The van der Waals surface area contributed by atoms with E-state index in [-0.39, 0.29) is 12.1 Å². The molecule has 1 saturated carbocycles. The zero-order chi connectivity index (χ0) is 14.7. The Bertz CT molecular complexity index is 335. The molecule has 110 valence electrons. The van der Waals surface area contributed by atoms with Crippen molar-refractivity contribution in [2.45, 2.75) is 63.8 Å². The molecule has 3 nitrogen and oxygen atoms in total. The summed E-state index contributed by atoms with van der Waals surface area (Å²) < 4.78 is 37.9. The van der Waals surface area contributed by atoms with E-state index in [1.165, 1.54) is 4.90 Å². The molecule has 0 aromatic carbocycles. The van der Waals surface area contributed by atoms with Gasteiger partial charge in [-0.25, -0.2) is 0 Å². The predicted molar refractivity (Wildman–Crippen MR) is 67.6 cm³/mol. The van der Waals surface area contributed by atoms with Gasteiger partial charge in [-0.05, 0) is 39.7 Å². The van der Waals surface area contributed by atoms with E-state index in [1.54, 1.807) is 13.8 Å². The summed E-state index contributed by atoms with van der Waals surface area (Å²) in [5.41, 5.74) is -0.655. The van der Waals surface area contributed by atoms with Crippen LogP contribution in [0.4, 0.5) is 13.2 Å². The Morgan fingerprint density at radius 1 is 1.47 bits per heavy atom. The molecule has 1 rings (SSSR count). The van der Waals surface area contributed by atoms with Gasteiger partial charge in [0.05, 0.1) is 12.6 Å². The minimum atomic E-state index is -4.19. The number of halogens is 3. The maximum Gasteiger partial charge on any atom is 0.401 e. The summed E-state index contributed by atoms with van der Waals surface area (Å²) in [5.74, 6) is 0. The van der Waals surface area contributed by atoms with E-state index in [1.807, 2.05) is 6.92 Å². The fourth-order valence-electron chi connectivity index (χ4n) is 2.88. The number of hydrogen-bond donors (Lipinski definition) is 1. The van der Waals surface area contributed by atoms with Crippen LogP contribution in [0.15, 0.2) is 0 Å². The fraction of sp³-hybridized carbons (Fsp3) is 0.923. The summed E-state index contributed by atoms with van der Waals surface area (Å²) in [6.07, 6.45) is -2.48. The van der Waals surface area contributed by atoms with Gasteiger partial charge in [-0.2, -0.15) is 18.4 Å². The number of nitrogens with zero attached hydrogens (tertiary/aromatic N) is 2. The van der Waals surface area contributed by atoms with E-state index in [0.717, 1.165) is 0 Å². The highest BCUT2D eigenvalue weighted by Crippen LogP contribution is 2.35. The molecule has 6 heteroatoms. The molecule has 0 bridgehead atoms. The van der Waals surface area contributed by atoms with Crippen LogP contribution in [0.5, 0.6) is 0 Å². The van der Waals surface area contributed by atoms with Crippen LogP contribution in [0, 0.1) is 11.3 Å². The first-order chi connectivity index (χ1) is 8.73. The first-order valence-corrected chi connectivity index (χ1v) is 6.72. The SMILES string of the molecule is CCNC1(C#N)CCC(N(CC(F)(F)F)C(C)C)C1. The van der Waals surface area contributed by atoms with Crippen LogP contribution in [0.1, 0.15) is 40.0 Å². The normalized spacial score (nSPS) is 28.1. The highest BCUT2D eigenvalue weighted by molar-refractivity contribution is 5.13. The Morgan fingerprint density at radius 2 is 2.11 bits per heavy atom. The molecule has 2 atom stereocenters. The summed E-state index contributed by atoms with van der Waals surface area (Å²) in [6, 6.07) is 1.89. The maximum absolute atomic E-state index is 12.6. The van der Waals surface area contributed by atoms with Crippen molar-refractivity contribution in [2.24, 2.45) is 0 Å². The van der Waals surface area contributed by atoms with Gasteiger partial charge in [0.25, 0.3) is 0 Å². The molecular formula is C13H22F3N3. The maximum atomic E-state index is 12.6. The van der Waals surface area contributed by atoms with Crippen LogP contribution in [0.25, 0.3) is 0 Å². The number of nitriles is 1. The highest BCUT2D eigenvalue weighted by Gasteiger charge is 2.44. The fourth-order valence-corrected chi connectivity index (χ4v) is 2.88. The molecule has 1 aliphatic carbocycles. The molecule has 0 saturated heterocycles. The summed E-state index contributed by atoms with van der Waals surface area (Å²) in [6.45, 7) is 5.20. The van der Waals surface area contributed by atoms with Crippen LogP contribution >= 0.6 is 0 Å². The van der Waals surface area contributed by atoms with Crippen molar-refractivity contribution in [3.05, 3.63) is 0 Å². The lowest BCUT2D eigenvalue weighted by Gasteiger charge is -2.34. The Hall–Kier alpha value is -0.800. The molecule has 1 N–H and O–H groups in total. The van der Waals surface area contributed by atoms with Crippen LogP contribution in [0.2, 0.25) is 0 Å². The number of nitrogens with one attached hydrogen (secondary N) is 1. The summed E-state index contributed by atoms with van der Waals surface area (Å²) in [7, 11) is 0. The lowest BCUT2D eigenvalue weighted by atomic mass is 9.99. The second kappa shape index (κ2) is 6.10. The van der Waals surface area contributed by atoms with Gasteiger partial charge in [0.15, 0.2) is 0 Å². The Morgan fingerprint density at radius 3 is 2.53 bits per heavy atom. The molecule has 0 amide bonds. The molecule has 1 fully saturated rings. The van der Waals surface area contributed by atoms with Gasteiger partial charge in [-0.1, -0.05) is 6.92 Å². The van der Waals surface area contributed by atoms with E-state index in [0.29, 0.717) is 25.8 Å². The van der Waals surface area contributed by atoms with Crippen molar-refractivity contribution in [2.75, 3.05) is 13.1 Å². The Kier molecular flexibility index (Phi) is 5.22. The molecule has 19 heavy (non-hydrogen) atoms. The average molecular weight is 277 g/mol. The van der Waals surface area contributed by atoms with Gasteiger partial charge in [-0.3, -0.25) is 10.2 Å². The number of hydrogen-bond acceptors (Lipinski definition) is 3. The van der Waals surface area contributed by atoms with Gasteiger partial charge < -0.3 is 0 Å². The third kappa shape index (κ3) is 4.36. The van der Waals surface area contributed by atoms with Crippen molar-refractivity contribution in [1.29, 1.82) is 5.26 Å². The van der Waals surface area contributed by atoms with E-state index in [4.69, 9.17) is 0 Å². The summed E-state index contributed by atoms with van der Waals surface area (Å²) >= 11 is 0. The molecule has 0 aromatic heterocycles. The Labute approximate surface area is 112 Å². The monoisotopic (exact) mass is 277 g/mol. The molecule has 1 aliphatic rings. The Balaban J connectivity index is 2.76. The lowest BCUT2D eigenvalue weighted by Crippen LogP contribution is -2.48. The molecule has 2 unspecified atom stereocenters. The third-order valence-corrected chi connectivity index (χ3v) is 3.71. The summed E-state index contributed by atoms with van der Waals surface area (Å²) in [4.78, 5) is 1.47. The minimum absolute atomic E-state index is 0.178. The number of alkyl halides is 3. The second-order valence-corrected chi connectivity index (χ2v) is 5.50. The smallest absolute Gasteiger partial charge is 0.300 e. The third-order valence-electron chi connectivity index (χ3n) is 3.71. The van der Waals surface area contributed by atoms with Crippen molar-refractivity contribution in [1.82, 2.24) is 10.2 Å². The van der Waals surface area contributed by atoms with E-state index >= 15 is 0 Å². The van der Waals surface area contributed by atoms with Crippen LogP contribution in [-0.4, -0.2) is 41.8 Å². The van der Waals surface area contributed by atoms with Crippen molar-refractivity contribution in [3.8, 4) is 6.07 Å². The standard InChI is InChI=1S/C13H22F3N3/c1-4-18-12(8-17)6-5-11(7-12)19(10(2)3)9-13(14,15)16/h10-11,18H,4-7,9H2,1-3H3. The minimum Gasteiger partial charge on any atom is -0.300 e. The lowest BCUT2D eigenvalue weighted by molar-refractivity contribution is -0.155. The molecular weight excluding hydrogens is 255 g/mol. The van der Waals surface area contributed by atoms with Crippen molar-refractivity contribution in [3.63, 3.8) is 0 Å². The zero-order valence-electron chi connectivity index (χ0n) is 11.7. The van der Waals surface area contributed by atoms with E-state index in [2.05, 4.69) is 11.4 Å². The van der Waals surface area contributed by atoms with Gasteiger partial charge in [0.1, 0.15) is 5.54 Å². The largest absolute Gasteiger partial charge is 0.401 e. The topological polar surface area (TPSA) is 39.1 Å². The van der Waals surface area contributed by atoms with E-state index in [9.17, 15) is 18.4 Å². The molecule has 0 heterocycles. The first kappa shape index (κ1) is 16.3. The molecule has 0 radical (unpaired) electrons. The average Bonchev–Trinajstić information content (AvgIpc) is 2.70. The summed E-state index contributed by atoms with van der Waals surface area (Å²) in [5, 5.41) is 12.4. The predicted octanol–water partition coefficient (Wildman–Crippen LogP) is 2.68. The van der Waals surface area contributed by atoms with Gasteiger partial charge in [-0.15, -0.1) is 0 Å². The van der Waals surface area contributed by atoms with Crippen molar-refractivity contribution >= 4 is 0 Å². The number of rotatable bonds is 5. The van der Waals surface area contributed by atoms with Gasteiger partial charge in [0, 0.05) is 12.1 Å². The van der Waals surface area contributed by atoms with Crippen LogP contribution < -0.4 is 5.32 Å². The van der Waals surface area contributed by atoms with E-state index < -0.39 is 18.3 Å². The molecule has 0 aromatic rings.